The largest absolute Gasteiger partial charge is 0.507 e. The van der Waals surface area contributed by atoms with Crippen LogP contribution in [0.1, 0.15) is 233 Å². The Kier molecular flexibility index (Phi) is 16.1. The van der Waals surface area contributed by atoms with Gasteiger partial charge in [0.1, 0.15) is 23.0 Å². The van der Waals surface area contributed by atoms with E-state index < -0.39 is 0 Å². The van der Waals surface area contributed by atoms with Gasteiger partial charge in [0, 0.05) is 61.5 Å². The Balaban J connectivity index is 2.04. The minimum absolute atomic E-state index is 0.157. The fourth-order valence-corrected chi connectivity index (χ4v) is 8.95. The van der Waals surface area contributed by atoms with E-state index in [0.29, 0.717) is 62.3 Å². The third-order valence-corrected chi connectivity index (χ3v) is 13.8. The van der Waals surface area contributed by atoms with Crippen LogP contribution in [0.3, 0.4) is 0 Å². The van der Waals surface area contributed by atoms with Gasteiger partial charge in [-0.1, -0.05) is 215 Å². The first-order valence-corrected chi connectivity index (χ1v) is 25.3. The van der Waals surface area contributed by atoms with Crippen molar-refractivity contribution < 1.29 is 20.4 Å². The fraction of sp³-hybridized carbons (Fsp3) is 0.613. The third-order valence-electron chi connectivity index (χ3n) is 13.8. The Hall–Kier alpha value is -4.00. The summed E-state index contributed by atoms with van der Waals surface area (Å²) in [6.07, 6.45) is 0. The number of aromatic hydroxyl groups is 4. The highest BCUT2D eigenvalue weighted by molar-refractivity contribution is 5.52. The summed E-state index contributed by atoms with van der Waals surface area (Å²) >= 11 is 0. The van der Waals surface area contributed by atoms with Gasteiger partial charge in [-0.25, -0.2) is 0 Å². The topological polar surface area (TPSA) is 87.4 Å². The lowest BCUT2D eigenvalue weighted by molar-refractivity contribution is 0.178. The van der Waals surface area contributed by atoms with Gasteiger partial charge in [0.05, 0.1) is 0 Å². The maximum atomic E-state index is 12.2. The molecular formula is C62H96N2O4. The Bertz CT molecular complexity index is 2080. The summed E-state index contributed by atoms with van der Waals surface area (Å²) in [5.41, 5.74) is 9.93. The average Bonchev–Trinajstić information content (AvgIpc) is 3.12. The van der Waals surface area contributed by atoms with Gasteiger partial charge in [-0.3, -0.25) is 9.80 Å². The van der Waals surface area contributed by atoms with E-state index in [0.717, 1.165) is 66.8 Å². The van der Waals surface area contributed by atoms with Crippen LogP contribution in [-0.4, -0.2) is 43.3 Å². The Morgan fingerprint density at radius 1 is 0.265 bits per heavy atom. The fourth-order valence-electron chi connectivity index (χ4n) is 8.95. The van der Waals surface area contributed by atoms with Crippen LogP contribution in [0.5, 0.6) is 23.0 Å². The van der Waals surface area contributed by atoms with Crippen molar-refractivity contribution in [1.82, 2.24) is 9.80 Å². The Morgan fingerprint density at radius 3 is 0.559 bits per heavy atom. The number of benzene rings is 4. The van der Waals surface area contributed by atoms with Crippen molar-refractivity contribution in [2.24, 2.45) is 0 Å². The summed E-state index contributed by atoms with van der Waals surface area (Å²) in [6.45, 7) is 55.4. The third kappa shape index (κ3) is 13.9. The summed E-state index contributed by atoms with van der Waals surface area (Å²) < 4.78 is 0. The molecule has 378 valence electrons. The van der Waals surface area contributed by atoms with Gasteiger partial charge in [0.15, 0.2) is 0 Å². The van der Waals surface area contributed by atoms with Crippen LogP contribution in [0, 0.1) is 0 Å². The summed E-state index contributed by atoms with van der Waals surface area (Å²) in [5, 5.41) is 49.0. The molecule has 0 aromatic heterocycles. The smallest absolute Gasteiger partial charge is 0.123 e. The van der Waals surface area contributed by atoms with Crippen molar-refractivity contribution in [3.8, 4) is 23.0 Å². The zero-order valence-electron chi connectivity index (χ0n) is 47.5. The highest BCUT2D eigenvalue weighted by atomic mass is 16.3. The predicted molar refractivity (Wildman–Crippen MR) is 290 cm³/mol. The minimum atomic E-state index is -0.298. The molecule has 0 heterocycles. The standard InChI is InChI=1S/C62H96N2O4/c1-55(2,3)43-27-39(51(65)47(31-43)59(13,14)15)35-63(36-40-28-44(56(4,5)6)32-48(52(40)66)60(16,17)18)25-26-64(37-41-29-45(57(7,8)9)33-49(53(41)67)61(19,20)21)38-42-30-46(58(10,11)12)34-50(54(42)68)62(22,23)24/h27-34,65-68H,25-26,35-38H2,1-24H3. The number of phenols is 4. The molecule has 4 aromatic carbocycles. The number of hydrogen-bond donors (Lipinski definition) is 4. The van der Waals surface area contributed by atoms with E-state index in [2.05, 4.69) is 225 Å². The summed E-state index contributed by atoms with van der Waals surface area (Å²) in [5.74, 6) is 1.25. The van der Waals surface area contributed by atoms with Gasteiger partial charge in [-0.05, 0) is 87.8 Å². The van der Waals surface area contributed by atoms with Crippen molar-refractivity contribution in [2.45, 2.75) is 236 Å². The SMILES string of the molecule is CC(C)(C)c1cc(CN(CCN(Cc2cc(C(C)(C)C)cc(C(C)(C)C)c2O)Cc2cc(C(C)(C)C)cc(C(C)(C)C)c2O)Cc2cc(C(C)(C)C)cc(C(C)(C)C)c2O)c(O)c(C(C)(C)C)c1. The molecule has 0 bridgehead atoms. The van der Waals surface area contributed by atoms with Crippen molar-refractivity contribution >= 4 is 0 Å². The van der Waals surface area contributed by atoms with Crippen molar-refractivity contribution in [3.63, 3.8) is 0 Å². The number of hydrogen-bond acceptors (Lipinski definition) is 6. The maximum Gasteiger partial charge on any atom is 0.123 e. The molecule has 0 saturated carbocycles. The molecule has 0 saturated heterocycles. The lowest BCUT2D eigenvalue weighted by Crippen LogP contribution is -2.35. The quantitative estimate of drug-likeness (QED) is 0.120. The molecule has 6 heteroatoms. The summed E-state index contributed by atoms with van der Waals surface area (Å²) in [7, 11) is 0. The second-order valence-corrected chi connectivity index (χ2v) is 28.5. The molecule has 0 spiro atoms. The van der Waals surface area contributed by atoms with Gasteiger partial charge in [-0.15, -0.1) is 0 Å². The van der Waals surface area contributed by atoms with Crippen LogP contribution in [-0.2, 0) is 69.5 Å². The van der Waals surface area contributed by atoms with E-state index in [-0.39, 0.29) is 43.3 Å². The van der Waals surface area contributed by atoms with Crippen molar-refractivity contribution in [3.05, 3.63) is 115 Å². The molecule has 4 rings (SSSR count). The molecule has 6 nitrogen and oxygen atoms in total. The highest BCUT2D eigenvalue weighted by Crippen LogP contribution is 2.43. The van der Waals surface area contributed by atoms with E-state index in [9.17, 15) is 20.4 Å². The van der Waals surface area contributed by atoms with Gasteiger partial charge in [0.2, 0.25) is 0 Å². The normalized spacial score (nSPS) is 13.9. The zero-order valence-corrected chi connectivity index (χ0v) is 47.5. The van der Waals surface area contributed by atoms with Gasteiger partial charge in [-0.2, -0.15) is 0 Å². The van der Waals surface area contributed by atoms with Crippen LogP contribution in [0.15, 0.2) is 48.5 Å². The van der Waals surface area contributed by atoms with E-state index in [4.69, 9.17) is 0 Å². The molecule has 0 atom stereocenters. The highest BCUT2D eigenvalue weighted by Gasteiger charge is 2.32. The maximum absolute atomic E-state index is 12.2. The van der Waals surface area contributed by atoms with Crippen LogP contribution in [0.2, 0.25) is 0 Å². The van der Waals surface area contributed by atoms with E-state index >= 15 is 0 Å². The molecule has 0 fully saturated rings. The number of rotatable bonds is 11. The van der Waals surface area contributed by atoms with Crippen LogP contribution in [0.4, 0.5) is 0 Å². The number of phenolic OH excluding ortho intramolecular Hbond substituents is 4. The van der Waals surface area contributed by atoms with Crippen LogP contribution >= 0.6 is 0 Å². The van der Waals surface area contributed by atoms with E-state index in [1.165, 1.54) is 0 Å². The van der Waals surface area contributed by atoms with Gasteiger partial charge in [0.25, 0.3) is 0 Å². The monoisotopic (exact) mass is 933 g/mol. The molecule has 0 aliphatic carbocycles. The first-order valence-electron chi connectivity index (χ1n) is 25.3. The Labute approximate surface area is 415 Å². The first kappa shape index (κ1) is 56.6. The molecule has 68 heavy (non-hydrogen) atoms. The molecule has 0 amide bonds. The van der Waals surface area contributed by atoms with Crippen LogP contribution in [0.25, 0.3) is 0 Å². The van der Waals surface area contributed by atoms with Crippen molar-refractivity contribution in [1.29, 1.82) is 0 Å². The summed E-state index contributed by atoms with van der Waals surface area (Å²) in [4.78, 5) is 4.74. The second-order valence-electron chi connectivity index (χ2n) is 28.5. The lowest BCUT2D eigenvalue weighted by Gasteiger charge is -2.33. The molecule has 4 aromatic rings. The minimum Gasteiger partial charge on any atom is -0.507 e. The molecule has 0 aliphatic heterocycles. The second kappa shape index (κ2) is 19.3. The van der Waals surface area contributed by atoms with Crippen molar-refractivity contribution in [2.75, 3.05) is 13.1 Å². The zero-order chi connectivity index (χ0) is 52.3. The van der Waals surface area contributed by atoms with E-state index in [1.54, 1.807) is 0 Å². The van der Waals surface area contributed by atoms with Crippen LogP contribution < -0.4 is 0 Å². The number of nitrogens with zero attached hydrogens (tertiary/aromatic N) is 2. The lowest BCUT2D eigenvalue weighted by atomic mass is 9.78. The van der Waals surface area contributed by atoms with Gasteiger partial charge >= 0.3 is 0 Å². The predicted octanol–water partition coefficient (Wildman–Crippen LogP) is 15.6. The molecular weight excluding hydrogens is 837 g/mol. The van der Waals surface area contributed by atoms with E-state index in [1.807, 2.05) is 0 Å². The molecule has 0 aliphatic rings. The molecule has 4 N–H and O–H groups in total. The average molecular weight is 933 g/mol. The first-order chi connectivity index (χ1) is 30.4. The Morgan fingerprint density at radius 2 is 0.426 bits per heavy atom. The summed E-state index contributed by atoms with van der Waals surface area (Å²) in [6, 6.07) is 17.4. The molecule has 0 unspecified atom stereocenters. The molecule has 0 radical (unpaired) electrons. The van der Waals surface area contributed by atoms with Gasteiger partial charge < -0.3 is 20.4 Å².